The van der Waals surface area contributed by atoms with E-state index in [1.165, 1.54) is 16.4 Å². The van der Waals surface area contributed by atoms with Crippen molar-refractivity contribution in [3.63, 3.8) is 0 Å². The van der Waals surface area contributed by atoms with E-state index in [0.29, 0.717) is 41.9 Å². The Hall–Kier alpha value is -4.29. The number of ether oxygens (including phenoxy) is 1. The molecule has 1 aliphatic rings. The summed E-state index contributed by atoms with van der Waals surface area (Å²) in [5.74, 6) is 0.185. The summed E-state index contributed by atoms with van der Waals surface area (Å²) in [5.41, 5.74) is 0.529. The van der Waals surface area contributed by atoms with Crippen LogP contribution >= 0.6 is 0 Å². The smallest absolute Gasteiger partial charge is 0.477 e. The van der Waals surface area contributed by atoms with Crippen LogP contribution in [0.1, 0.15) is 64.9 Å². The van der Waals surface area contributed by atoms with Crippen LogP contribution in [0.5, 0.6) is 5.75 Å². The highest BCUT2D eigenvalue weighted by molar-refractivity contribution is 7.89. The first kappa shape index (κ1) is 38.5. The van der Waals surface area contributed by atoms with Gasteiger partial charge in [0.25, 0.3) is 5.56 Å². The minimum atomic E-state index is -4.04. The minimum Gasteiger partial charge on any atom is -0.493 e. The summed E-state index contributed by atoms with van der Waals surface area (Å²) in [5, 5.41) is 11.5. The van der Waals surface area contributed by atoms with Gasteiger partial charge in [0.2, 0.25) is 10.0 Å². The van der Waals surface area contributed by atoms with Gasteiger partial charge in [-0.05, 0) is 62.3 Å². The summed E-state index contributed by atoms with van der Waals surface area (Å²) in [6.45, 7) is 6.71. The zero-order valence-corrected chi connectivity index (χ0v) is 30.1. The molecular formula is C32H48N6O11S+2. The maximum Gasteiger partial charge on any atom is 0.477 e. The predicted octanol–water partition coefficient (Wildman–Crippen LogP) is 3.61. The lowest BCUT2D eigenvalue weighted by Gasteiger charge is -2.40. The monoisotopic (exact) mass is 724 g/mol. The Kier molecular flexibility index (Phi) is 13.2. The van der Waals surface area contributed by atoms with E-state index in [9.17, 15) is 28.1 Å². The fourth-order valence-corrected chi connectivity index (χ4v) is 7.80. The van der Waals surface area contributed by atoms with Gasteiger partial charge in [0.15, 0.2) is 27.4 Å². The second-order valence-corrected chi connectivity index (χ2v) is 14.0. The number of aryl methyl sites for hydroxylation is 2. The van der Waals surface area contributed by atoms with E-state index >= 15 is 0 Å². The second kappa shape index (κ2) is 17.1. The highest BCUT2D eigenvalue weighted by Crippen LogP contribution is 2.37. The molecule has 276 valence electrons. The molecule has 0 unspecified atom stereocenters. The average Bonchev–Trinajstić information content (AvgIpc) is 3.48. The number of aliphatic hydroxyl groups is 1. The lowest BCUT2D eigenvalue weighted by atomic mass is 9.77. The molecule has 0 aliphatic carbocycles. The molecule has 1 saturated heterocycles. The Morgan fingerprint density at radius 3 is 2.20 bits per heavy atom. The van der Waals surface area contributed by atoms with Crippen LogP contribution in [0.3, 0.4) is 0 Å². The van der Waals surface area contributed by atoms with Gasteiger partial charge in [-0.1, -0.05) is 20.3 Å². The molecule has 4 rings (SSSR count). The molecule has 1 aliphatic heterocycles. The van der Waals surface area contributed by atoms with Crippen molar-refractivity contribution in [2.24, 2.45) is 5.92 Å². The van der Waals surface area contributed by atoms with E-state index in [4.69, 9.17) is 19.4 Å². The number of sulfonamides is 1. The largest absolute Gasteiger partial charge is 0.493 e. The quantitative estimate of drug-likeness (QED) is 0.161. The summed E-state index contributed by atoms with van der Waals surface area (Å²) < 4.78 is 37.3. The molecule has 18 heteroatoms. The summed E-state index contributed by atoms with van der Waals surface area (Å²) in [6, 6.07) is 4.53. The summed E-state index contributed by atoms with van der Waals surface area (Å²) in [4.78, 5) is 62.6. The number of fused-ring (bicyclic) bond motifs is 1. The highest BCUT2D eigenvalue weighted by Gasteiger charge is 2.42. The van der Waals surface area contributed by atoms with E-state index in [1.54, 1.807) is 6.07 Å². The molecule has 2 N–H and O–H groups in total. The van der Waals surface area contributed by atoms with Crippen molar-refractivity contribution in [1.82, 2.24) is 18.8 Å². The zero-order valence-electron chi connectivity index (χ0n) is 29.3. The van der Waals surface area contributed by atoms with Gasteiger partial charge in [-0.25, -0.2) is 13.4 Å². The Bertz CT molecular complexity index is 1780. The fraction of sp³-hybridized carbons (Fsp3) is 0.625. The van der Waals surface area contributed by atoms with Crippen molar-refractivity contribution in [1.29, 1.82) is 0 Å². The third-order valence-electron chi connectivity index (χ3n) is 8.94. The standard InChI is InChI=1S/C32H47N6O11S/c1-6-9-23-22-35(8-3)29-28(23)33-30(34-31(29)39)26-21-25(10-11-27(26)47-18-7-2)50(43,44)36-16-12-24(13-17-36)32(40,14-19-48-37(41)45-4)15-20-49-38(42)46-5/h10-11,21-22,24,40H,6-9,12-20H2,1-5H3/q+1/p+1. The molecule has 0 spiro atoms. The number of H-pyrrole nitrogens is 1. The van der Waals surface area contributed by atoms with Crippen molar-refractivity contribution < 1.29 is 47.8 Å². The first-order valence-corrected chi connectivity index (χ1v) is 18.3. The second-order valence-electron chi connectivity index (χ2n) is 12.1. The molecule has 0 saturated carbocycles. The maximum atomic E-state index is 14.1. The first-order valence-electron chi connectivity index (χ1n) is 16.8. The zero-order chi connectivity index (χ0) is 36.5. The number of rotatable bonds is 20. The van der Waals surface area contributed by atoms with Gasteiger partial charge in [-0.3, -0.25) is 4.79 Å². The molecule has 2 aromatic heterocycles. The first-order chi connectivity index (χ1) is 23.9. The van der Waals surface area contributed by atoms with E-state index in [1.807, 2.05) is 24.6 Å². The number of aromatic amines is 1. The molecular weight excluding hydrogens is 676 g/mol. The van der Waals surface area contributed by atoms with Crippen LogP contribution in [0.25, 0.3) is 22.4 Å². The van der Waals surface area contributed by atoms with Gasteiger partial charge in [-0.15, -0.1) is 0 Å². The average molecular weight is 725 g/mol. The SMILES string of the molecule is CCCOc1ccc(S(=O)(=O)N2CCC(C(O)(CCO[N+](=O)OC)CCO[N+](=O)OC)CC2)cc1-c1nc2c(CCC)cn(CC)c2c(=O)[nH]1. The Morgan fingerprint density at radius 1 is 1.00 bits per heavy atom. The van der Waals surface area contributed by atoms with Gasteiger partial charge in [0, 0.05) is 38.7 Å². The van der Waals surface area contributed by atoms with Crippen molar-refractivity contribution in [3.8, 4) is 17.1 Å². The number of aromatic nitrogens is 3. The molecule has 3 aromatic rings. The molecule has 50 heavy (non-hydrogen) atoms. The molecule has 0 atom stereocenters. The van der Waals surface area contributed by atoms with E-state index in [0.717, 1.165) is 32.6 Å². The van der Waals surface area contributed by atoms with E-state index in [2.05, 4.69) is 21.6 Å². The van der Waals surface area contributed by atoms with Crippen LogP contribution in [0, 0.1) is 15.7 Å². The van der Waals surface area contributed by atoms with E-state index < -0.39 is 21.5 Å². The van der Waals surface area contributed by atoms with Crippen molar-refractivity contribution in [3.05, 3.63) is 50.1 Å². The van der Waals surface area contributed by atoms with Crippen molar-refractivity contribution >= 4 is 21.1 Å². The van der Waals surface area contributed by atoms with Crippen LogP contribution in [0.4, 0.5) is 0 Å². The highest BCUT2D eigenvalue weighted by atomic mass is 32.2. The molecule has 1 fully saturated rings. The summed E-state index contributed by atoms with van der Waals surface area (Å²) in [6.07, 6.45) is 4.77. The number of hydrogen-bond acceptors (Lipinski definition) is 12. The normalized spacial score (nSPS) is 14.4. The number of piperidine rings is 1. The molecule has 1 aromatic carbocycles. The van der Waals surface area contributed by atoms with Crippen LogP contribution < -0.4 is 10.3 Å². The van der Waals surface area contributed by atoms with Crippen molar-refractivity contribution in [2.45, 2.75) is 82.8 Å². The Morgan fingerprint density at radius 2 is 1.64 bits per heavy atom. The molecule has 17 nitrogen and oxygen atoms in total. The minimum absolute atomic E-state index is 0.000258. The van der Waals surface area contributed by atoms with Gasteiger partial charge in [0.1, 0.15) is 26.9 Å². The Balaban J connectivity index is 1.62. The molecule has 0 radical (unpaired) electrons. The van der Waals surface area contributed by atoms with Crippen LogP contribution in [0.2, 0.25) is 0 Å². The van der Waals surface area contributed by atoms with Gasteiger partial charge in [0.05, 0.1) is 28.2 Å². The molecule has 0 amide bonds. The number of hydrogen-bond donors (Lipinski definition) is 2. The summed E-state index contributed by atoms with van der Waals surface area (Å²) in [7, 11) is -1.77. The number of benzene rings is 1. The van der Waals surface area contributed by atoms with Gasteiger partial charge < -0.3 is 19.4 Å². The number of nitrogens with one attached hydrogen (secondary N) is 1. The maximum absolute atomic E-state index is 14.1. The Labute approximate surface area is 290 Å². The van der Waals surface area contributed by atoms with E-state index in [-0.39, 0.29) is 78.4 Å². The lowest BCUT2D eigenvalue weighted by Crippen LogP contribution is -2.48. The third-order valence-corrected chi connectivity index (χ3v) is 10.8. The van der Waals surface area contributed by atoms with Crippen molar-refractivity contribution in [2.75, 3.05) is 47.1 Å². The van der Waals surface area contributed by atoms with Crippen LogP contribution in [0.15, 0.2) is 34.1 Å². The molecule has 3 heterocycles. The topological polar surface area (TPSA) is 195 Å². The van der Waals surface area contributed by atoms with Crippen LogP contribution in [-0.4, -0.2) is 95.3 Å². The third kappa shape index (κ3) is 8.70. The fourth-order valence-electron chi connectivity index (χ4n) is 6.31. The van der Waals surface area contributed by atoms with Crippen LogP contribution in [-0.2, 0) is 42.3 Å². The van der Waals surface area contributed by atoms with Gasteiger partial charge >= 0.3 is 10.2 Å². The predicted molar refractivity (Wildman–Crippen MR) is 180 cm³/mol. The molecule has 0 bridgehead atoms. The van der Waals surface area contributed by atoms with Gasteiger partial charge in [-0.2, -0.15) is 23.7 Å². The summed E-state index contributed by atoms with van der Waals surface area (Å²) >= 11 is 0. The lowest BCUT2D eigenvalue weighted by molar-refractivity contribution is -0.977. The number of nitrogens with zero attached hydrogens (tertiary/aromatic N) is 5.